The third-order valence-electron chi connectivity index (χ3n) is 5.17. The van der Waals surface area contributed by atoms with Gasteiger partial charge in [0.2, 0.25) is 0 Å². The third-order valence-corrected chi connectivity index (χ3v) is 6.59. The molecule has 0 radical (unpaired) electrons. The summed E-state index contributed by atoms with van der Waals surface area (Å²) in [6.07, 6.45) is 0. The fraction of sp³-hybridized carbons (Fsp3) is 0.148. The lowest BCUT2D eigenvalue weighted by atomic mass is 10.2. The van der Waals surface area contributed by atoms with Crippen LogP contribution in [0.4, 0.5) is 11.4 Å². The highest BCUT2D eigenvalue weighted by Crippen LogP contribution is 2.36. The molecule has 0 saturated heterocycles. The van der Waals surface area contributed by atoms with E-state index >= 15 is 0 Å². The average molecular weight is 506 g/mol. The van der Waals surface area contributed by atoms with E-state index in [-0.39, 0.29) is 29.3 Å². The highest BCUT2D eigenvalue weighted by molar-refractivity contribution is 8.04. The molecule has 0 aromatic heterocycles. The van der Waals surface area contributed by atoms with Crippen LogP contribution in [-0.2, 0) is 9.59 Å². The molecule has 3 aromatic rings. The molecule has 0 saturated carbocycles. The summed E-state index contributed by atoms with van der Waals surface area (Å²) in [5, 5.41) is 6.33. The number of amides is 3. The number of carbonyl (C=O) groups is 3. The molecule has 1 heterocycles. The Hall–Kier alpha value is -3.55. The van der Waals surface area contributed by atoms with E-state index in [4.69, 9.17) is 11.6 Å². The second-order valence-corrected chi connectivity index (χ2v) is 9.86. The largest absolute Gasteiger partial charge is 0.350 e. The molecule has 0 spiro atoms. The van der Waals surface area contributed by atoms with E-state index in [1.165, 1.54) is 16.7 Å². The van der Waals surface area contributed by atoms with Crippen LogP contribution in [0.5, 0.6) is 0 Å². The van der Waals surface area contributed by atoms with Crippen LogP contribution in [0.3, 0.4) is 0 Å². The minimum absolute atomic E-state index is 0.145. The van der Waals surface area contributed by atoms with Crippen molar-refractivity contribution >= 4 is 52.5 Å². The molecule has 2 N–H and O–H groups in total. The summed E-state index contributed by atoms with van der Waals surface area (Å²) in [5.41, 5.74) is 1.97. The van der Waals surface area contributed by atoms with Crippen LogP contribution in [0.1, 0.15) is 24.2 Å². The van der Waals surface area contributed by atoms with Gasteiger partial charge in [0.05, 0.1) is 10.6 Å². The molecular weight excluding hydrogens is 482 g/mol. The quantitative estimate of drug-likeness (QED) is 0.365. The summed E-state index contributed by atoms with van der Waals surface area (Å²) in [6, 6.07) is 23.2. The normalized spacial score (nSPS) is 13.5. The van der Waals surface area contributed by atoms with Crippen molar-refractivity contribution in [2.75, 3.05) is 17.2 Å². The molecule has 8 heteroatoms. The van der Waals surface area contributed by atoms with Gasteiger partial charge >= 0.3 is 0 Å². The van der Waals surface area contributed by atoms with Crippen molar-refractivity contribution in [2.24, 2.45) is 5.92 Å². The topological polar surface area (TPSA) is 78.5 Å². The number of benzene rings is 3. The number of anilines is 2. The third kappa shape index (κ3) is 5.75. The molecule has 3 amide bonds. The second kappa shape index (κ2) is 10.8. The second-order valence-electron chi connectivity index (χ2n) is 8.37. The molecule has 1 aliphatic rings. The van der Waals surface area contributed by atoms with Gasteiger partial charge in [0.1, 0.15) is 10.6 Å². The minimum atomic E-state index is -0.335. The van der Waals surface area contributed by atoms with E-state index in [2.05, 4.69) is 10.6 Å². The monoisotopic (exact) mass is 505 g/mol. The van der Waals surface area contributed by atoms with Crippen LogP contribution in [0, 0.1) is 5.92 Å². The van der Waals surface area contributed by atoms with Crippen molar-refractivity contribution in [1.29, 1.82) is 0 Å². The van der Waals surface area contributed by atoms with Gasteiger partial charge in [-0.3, -0.25) is 19.3 Å². The standard InChI is InChI=1S/C27H24ClN3O3S/c1-17(2)16-31-26(33)23(29-18-8-4-3-5-9-18)24(27(31)34)35-20-14-12-19(13-15-20)30-25(32)21-10-6-7-11-22(21)28/h3-15,17,29H,16H2,1-2H3,(H,30,32). The van der Waals surface area contributed by atoms with Gasteiger partial charge in [-0.2, -0.15) is 0 Å². The maximum absolute atomic E-state index is 13.2. The first-order valence-corrected chi connectivity index (χ1v) is 12.3. The summed E-state index contributed by atoms with van der Waals surface area (Å²) >= 11 is 7.33. The first kappa shape index (κ1) is 24.6. The summed E-state index contributed by atoms with van der Waals surface area (Å²) < 4.78 is 0. The fourth-order valence-corrected chi connectivity index (χ4v) is 4.69. The Morgan fingerprint density at radius 3 is 2.20 bits per heavy atom. The number of nitrogens with zero attached hydrogens (tertiary/aromatic N) is 1. The number of para-hydroxylation sites is 1. The zero-order valence-corrected chi connectivity index (χ0v) is 20.8. The first-order valence-electron chi connectivity index (χ1n) is 11.1. The molecule has 178 valence electrons. The molecular formula is C27H24ClN3O3S. The Labute approximate surface area is 213 Å². The van der Waals surface area contributed by atoms with Gasteiger partial charge in [-0.1, -0.05) is 67.5 Å². The smallest absolute Gasteiger partial charge is 0.278 e. The summed E-state index contributed by atoms with van der Waals surface area (Å²) in [7, 11) is 0. The van der Waals surface area contributed by atoms with Crippen molar-refractivity contribution < 1.29 is 14.4 Å². The molecule has 4 rings (SSSR count). The van der Waals surface area contributed by atoms with Gasteiger partial charge in [0.15, 0.2) is 0 Å². The summed E-state index contributed by atoms with van der Waals surface area (Å²) in [6.45, 7) is 4.27. The van der Waals surface area contributed by atoms with Gasteiger partial charge < -0.3 is 10.6 Å². The number of imide groups is 1. The molecule has 1 aliphatic heterocycles. The zero-order valence-electron chi connectivity index (χ0n) is 19.2. The molecule has 35 heavy (non-hydrogen) atoms. The maximum Gasteiger partial charge on any atom is 0.278 e. The number of hydrogen-bond donors (Lipinski definition) is 2. The Morgan fingerprint density at radius 2 is 1.54 bits per heavy atom. The molecule has 0 atom stereocenters. The fourth-order valence-electron chi connectivity index (χ4n) is 3.52. The van der Waals surface area contributed by atoms with Crippen molar-refractivity contribution in [3.05, 3.63) is 100 Å². The average Bonchev–Trinajstić information content (AvgIpc) is 3.05. The Kier molecular flexibility index (Phi) is 7.58. The van der Waals surface area contributed by atoms with Gasteiger partial charge in [-0.15, -0.1) is 0 Å². The lowest BCUT2D eigenvalue weighted by molar-refractivity contribution is -0.137. The van der Waals surface area contributed by atoms with Crippen LogP contribution in [0.25, 0.3) is 0 Å². The summed E-state index contributed by atoms with van der Waals surface area (Å²) in [5.74, 6) is -0.818. The van der Waals surface area contributed by atoms with E-state index in [0.717, 1.165) is 10.6 Å². The van der Waals surface area contributed by atoms with E-state index in [0.29, 0.717) is 27.7 Å². The van der Waals surface area contributed by atoms with E-state index in [9.17, 15) is 14.4 Å². The molecule has 0 fully saturated rings. The maximum atomic E-state index is 13.2. The van der Waals surface area contributed by atoms with E-state index < -0.39 is 0 Å². The minimum Gasteiger partial charge on any atom is -0.350 e. The van der Waals surface area contributed by atoms with Gasteiger partial charge in [-0.05, 0) is 54.4 Å². The lowest BCUT2D eigenvalue weighted by Gasteiger charge is -2.17. The number of hydrogen-bond acceptors (Lipinski definition) is 5. The molecule has 0 aliphatic carbocycles. The highest BCUT2D eigenvalue weighted by Gasteiger charge is 2.39. The Morgan fingerprint density at radius 1 is 0.886 bits per heavy atom. The van der Waals surface area contributed by atoms with Crippen molar-refractivity contribution in [2.45, 2.75) is 18.7 Å². The molecule has 0 unspecified atom stereocenters. The van der Waals surface area contributed by atoms with Gasteiger partial charge in [0, 0.05) is 22.8 Å². The van der Waals surface area contributed by atoms with Crippen LogP contribution in [0.15, 0.2) is 94.4 Å². The van der Waals surface area contributed by atoms with Crippen LogP contribution >= 0.6 is 23.4 Å². The predicted octanol–water partition coefficient (Wildman–Crippen LogP) is 6.03. The van der Waals surface area contributed by atoms with E-state index in [1.807, 2.05) is 44.2 Å². The van der Waals surface area contributed by atoms with Crippen LogP contribution in [0.2, 0.25) is 5.02 Å². The van der Waals surface area contributed by atoms with Gasteiger partial charge in [-0.25, -0.2) is 0 Å². The number of nitrogens with one attached hydrogen (secondary N) is 2. The lowest BCUT2D eigenvalue weighted by Crippen LogP contribution is -2.35. The van der Waals surface area contributed by atoms with Crippen LogP contribution < -0.4 is 10.6 Å². The molecule has 3 aromatic carbocycles. The molecule has 0 bridgehead atoms. The predicted molar refractivity (Wildman–Crippen MR) is 140 cm³/mol. The first-order chi connectivity index (χ1) is 16.8. The van der Waals surface area contributed by atoms with E-state index in [1.54, 1.807) is 48.5 Å². The highest BCUT2D eigenvalue weighted by atomic mass is 35.5. The number of carbonyl (C=O) groups excluding carboxylic acids is 3. The van der Waals surface area contributed by atoms with Crippen LogP contribution in [-0.4, -0.2) is 29.2 Å². The molecule has 6 nitrogen and oxygen atoms in total. The SMILES string of the molecule is CC(C)CN1C(=O)C(Nc2ccccc2)=C(Sc2ccc(NC(=O)c3ccccc3Cl)cc2)C1=O. The Bertz CT molecular complexity index is 1290. The number of halogens is 1. The number of thioether (sulfide) groups is 1. The van der Waals surface area contributed by atoms with Crippen molar-refractivity contribution in [3.8, 4) is 0 Å². The number of rotatable bonds is 8. The Balaban J connectivity index is 1.55. The zero-order chi connectivity index (χ0) is 24.9. The van der Waals surface area contributed by atoms with Gasteiger partial charge in [0.25, 0.3) is 17.7 Å². The van der Waals surface area contributed by atoms with Crippen molar-refractivity contribution in [3.63, 3.8) is 0 Å². The summed E-state index contributed by atoms with van der Waals surface area (Å²) in [4.78, 5) is 41.2. The van der Waals surface area contributed by atoms with Crippen molar-refractivity contribution in [1.82, 2.24) is 4.90 Å².